The average Bonchev–Trinajstić information content (AvgIpc) is 3.24. The van der Waals surface area contributed by atoms with Crippen LogP contribution in [0, 0.1) is 28.7 Å². The lowest BCUT2D eigenvalue weighted by Crippen LogP contribution is -2.12. The Morgan fingerprint density at radius 3 is 2.69 bits per heavy atom. The van der Waals surface area contributed by atoms with Crippen LogP contribution in [0.2, 0.25) is 0 Å². The van der Waals surface area contributed by atoms with Crippen LogP contribution >= 0.6 is 11.3 Å². The molecule has 0 aliphatic carbocycles. The molecule has 2 heterocycles. The topological polar surface area (TPSA) is 89.5 Å². The van der Waals surface area contributed by atoms with Crippen molar-refractivity contribution >= 4 is 33.6 Å². The summed E-state index contributed by atoms with van der Waals surface area (Å²) < 4.78 is 28.1. The number of amides is 1. The van der Waals surface area contributed by atoms with Crippen LogP contribution in [0.3, 0.4) is 0 Å². The van der Waals surface area contributed by atoms with Gasteiger partial charge < -0.3 is 5.32 Å². The van der Waals surface area contributed by atoms with Crippen LogP contribution < -0.4 is 5.32 Å². The normalized spacial score (nSPS) is 11.0. The van der Waals surface area contributed by atoms with E-state index in [9.17, 15) is 23.7 Å². The molecule has 0 bridgehead atoms. The summed E-state index contributed by atoms with van der Waals surface area (Å²) in [7, 11) is 0. The molecule has 0 radical (unpaired) electrons. The zero-order chi connectivity index (χ0) is 20.7. The minimum Gasteiger partial charge on any atom is -0.321 e. The van der Waals surface area contributed by atoms with Gasteiger partial charge in [0.2, 0.25) is 0 Å². The van der Waals surface area contributed by atoms with Crippen LogP contribution in [0.5, 0.6) is 0 Å². The van der Waals surface area contributed by atoms with E-state index in [1.54, 1.807) is 29.7 Å². The van der Waals surface area contributed by atoms with E-state index in [-0.39, 0.29) is 11.4 Å². The van der Waals surface area contributed by atoms with Crippen molar-refractivity contribution in [1.82, 2.24) is 9.38 Å². The molecule has 0 unspecified atom stereocenters. The van der Waals surface area contributed by atoms with Gasteiger partial charge in [-0.05, 0) is 19.1 Å². The van der Waals surface area contributed by atoms with Crippen LogP contribution in [0.25, 0.3) is 16.2 Å². The Morgan fingerprint density at radius 1 is 1.21 bits per heavy atom. The highest BCUT2D eigenvalue weighted by Gasteiger charge is 2.19. The first kappa shape index (κ1) is 18.7. The van der Waals surface area contributed by atoms with E-state index in [2.05, 4.69) is 10.3 Å². The first-order valence-corrected chi connectivity index (χ1v) is 9.15. The van der Waals surface area contributed by atoms with Gasteiger partial charge in [-0.1, -0.05) is 23.5 Å². The number of anilines is 1. The van der Waals surface area contributed by atoms with Gasteiger partial charge in [0.1, 0.15) is 4.88 Å². The van der Waals surface area contributed by atoms with Gasteiger partial charge in [-0.2, -0.15) is 0 Å². The number of nitrogens with one attached hydrogen (secondary N) is 1. The second-order valence-corrected chi connectivity index (χ2v) is 7.16. The lowest BCUT2D eigenvalue weighted by atomic mass is 10.1. The van der Waals surface area contributed by atoms with Gasteiger partial charge in [0.05, 0.1) is 10.6 Å². The van der Waals surface area contributed by atoms with Crippen molar-refractivity contribution in [3.05, 3.63) is 81.0 Å². The fourth-order valence-corrected chi connectivity index (χ4v) is 3.84. The Bertz CT molecular complexity index is 1280. The van der Waals surface area contributed by atoms with E-state index in [0.29, 0.717) is 26.8 Å². The third-order valence-corrected chi connectivity index (χ3v) is 5.45. The summed E-state index contributed by atoms with van der Waals surface area (Å²) >= 11 is 1.12. The molecule has 0 atom stereocenters. The number of benzene rings is 2. The molecule has 4 rings (SSSR count). The lowest BCUT2D eigenvalue weighted by molar-refractivity contribution is -0.384. The number of aryl methyl sites for hydroxylation is 1. The maximum atomic E-state index is 13.3. The van der Waals surface area contributed by atoms with E-state index in [0.717, 1.165) is 23.5 Å². The quantitative estimate of drug-likeness (QED) is 0.383. The molecule has 2 aromatic carbocycles. The van der Waals surface area contributed by atoms with Crippen molar-refractivity contribution in [1.29, 1.82) is 0 Å². The summed E-state index contributed by atoms with van der Waals surface area (Å²) in [6, 6.07) is 9.23. The fourth-order valence-electron chi connectivity index (χ4n) is 2.84. The molecule has 0 spiro atoms. The largest absolute Gasteiger partial charge is 0.321 e. The first-order valence-electron chi connectivity index (χ1n) is 8.33. The molecule has 4 aromatic rings. The second-order valence-electron chi connectivity index (χ2n) is 6.19. The molecule has 1 N–H and O–H groups in total. The van der Waals surface area contributed by atoms with Crippen LogP contribution in [0.1, 0.15) is 15.4 Å². The number of imidazole rings is 1. The average molecular weight is 414 g/mol. The molecule has 0 saturated carbocycles. The number of nitro benzene ring substituents is 1. The summed E-state index contributed by atoms with van der Waals surface area (Å²) in [5, 5.41) is 13.5. The SMILES string of the molecule is Cc1c(C(=O)Nc2ccc(F)c(F)c2)sc2nc(-c3cccc([N+](=O)[O-])c3)cn12. The number of hydrogen-bond donors (Lipinski definition) is 1. The first-order chi connectivity index (χ1) is 13.8. The van der Waals surface area contributed by atoms with Crippen molar-refractivity contribution in [3.8, 4) is 11.3 Å². The molecule has 1 amide bonds. The van der Waals surface area contributed by atoms with Gasteiger partial charge in [-0.3, -0.25) is 19.3 Å². The third kappa shape index (κ3) is 3.45. The predicted octanol–water partition coefficient (Wildman–Crippen LogP) is 4.81. The second kappa shape index (κ2) is 7.06. The number of non-ortho nitro benzene ring substituents is 1. The molecular formula is C19H12F2N4O3S. The van der Waals surface area contributed by atoms with E-state index in [1.807, 2.05) is 0 Å². The minimum absolute atomic E-state index is 0.0397. The molecule has 0 aliphatic heterocycles. The van der Waals surface area contributed by atoms with Gasteiger partial charge in [0.15, 0.2) is 16.6 Å². The lowest BCUT2D eigenvalue weighted by Gasteiger charge is -2.05. The Kier molecular flexibility index (Phi) is 4.55. The van der Waals surface area contributed by atoms with Crippen molar-refractivity contribution < 1.29 is 18.5 Å². The van der Waals surface area contributed by atoms with Gasteiger partial charge in [0.25, 0.3) is 11.6 Å². The van der Waals surface area contributed by atoms with Crippen LogP contribution in [-0.4, -0.2) is 20.2 Å². The van der Waals surface area contributed by atoms with Gasteiger partial charge >= 0.3 is 0 Å². The molecule has 29 heavy (non-hydrogen) atoms. The Hall–Kier alpha value is -3.66. The van der Waals surface area contributed by atoms with E-state index in [1.165, 1.54) is 18.2 Å². The molecule has 0 fully saturated rings. The highest BCUT2D eigenvalue weighted by Crippen LogP contribution is 2.29. The molecule has 2 aromatic heterocycles. The molecule has 7 nitrogen and oxygen atoms in total. The number of halogens is 2. The van der Waals surface area contributed by atoms with Crippen molar-refractivity contribution in [2.75, 3.05) is 5.32 Å². The van der Waals surface area contributed by atoms with Crippen LogP contribution in [0.4, 0.5) is 20.2 Å². The van der Waals surface area contributed by atoms with Gasteiger partial charge in [-0.15, -0.1) is 0 Å². The zero-order valence-electron chi connectivity index (χ0n) is 14.8. The smallest absolute Gasteiger partial charge is 0.270 e. The number of nitro groups is 1. The van der Waals surface area contributed by atoms with Crippen molar-refractivity contribution in [2.24, 2.45) is 0 Å². The summed E-state index contributed by atoms with van der Waals surface area (Å²) in [5.41, 5.74) is 1.82. The van der Waals surface area contributed by atoms with Crippen molar-refractivity contribution in [2.45, 2.75) is 6.92 Å². The predicted molar refractivity (Wildman–Crippen MR) is 104 cm³/mol. The van der Waals surface area contributed by atoms with Crippen LogP contribution in [-0.2, 0) is 0 Å². The summed E-state index contributed by atoms with van der Waals surface area (Å²) in [5.74, 6) is -2.52. The molecular weight excluding hydrogens is 402 g/mol. The van der Waals surface area contributed by atoms with E-state index >= 15 is 0 Å². The number of nitrogens with zero attached hydrogens (tertiary/aromatic N) is 3. The Morgan fingerprint density at radius 2 is 2.00 bits per heavy atom. The summed E-state index contributed by atoms with van der Waals surface area (Å²) in [6.45, 7) is 1.72. The Balaban J connectivity index is 1.64. The van der Waals surface area contributed by atoms with Crippen LogP contribution in [0.15, 0.2) is 48.7 Å². The zero-order valence-corrected chi connectivity index (χ0v) is 15.7. The third-order valence-electron chi connectivity index (χ3n) is 4.29. The monoisotopic (exact) mass is 414 g/mol. The standard InChI is InChI=1S/C19H12F2N4O3S/c1-10-17(18(26)22-12-5-6-14(20)15(21)8-12)29-19-23-16(9-24(10)19)11-3-2-4-13(7-11)25(27)28/h2-9H,1H3,(H,22,26). The molecule has 10 heteroatoms. The van der Waals surface area contributed by atoms with Gasteiger partial charge in [0, 0.05) is 41.3 Å². The fraction of sp³-hybridized carbons (Fsp3) is 0.0526. The molecule has 0 aliphatic rings. The van der Waals surface area contributed by atoms with E-state index in [4.69, 9.17) is 0 Å². The van der Waals surface area contributed by atoms with Crippen molar-refractivity contribution in [3.63, 3.8) is 0 Å². The van der Waals surface area contributed by atoms with Gasteiger partial charge in [-0.25, -0.2) is 13.8 Å². The maximum absolute atomic E-state index is 13.3. The minimum atomic E-state index is -1.05. The number of carbonyl (C=O) groups is 1. The summed E-state index contributed by atoms with van der Waals surface area (Å²) in [6.07, 6.45) is 1.69. The Labute approximate surface area is 166 Å². The number of hydrogen-bond acceptors (Lipinski definition) is 5. The summed E-state index contributed by atoms with van der Waals surface area (Å²) in [4.78, 5) is 28.4. The number of aromatic nitrogens is 2. The molecule has 0 saturated heterocycles. The number of fused-ring (bicyclic) bond motifs is 1. The number of thiazole rings is 1. The highest BCUT2D eigenvalue weighted by molar-refractivity contribution is 7.19. The van der Waals surface area contributed by atoms with E-state index < -0.39 is 22.5 Å². The highest BCUT2D eigenvalue weighted by atomic mass is 32.1. The maximum Gasteiger partial charge on any atom is 0.270 e. The number of rotatable bonds is 4. The number of carbonyl (C=O) groups excluding carboxylic acids is 1. The molecule has 146 valence electrons.